The van der Waals surface area contributed by atoms with Crippen molar-refractivity contribution in [2.75, 3.05) is 13.7 Å². The third-order valence-corrected chi connectivity index (χ3v) is 8.61. The number of para-hydroxylation sites is 1. The van der Waals surface area contributed by atoms with Crippen LogP contribution in [0.2, 0.25) is 5.02 Å². The Bertz CT molecular complexity index is 1420. The highest BCUT2D eigenvalue weighted by atomic mass is 35.5. The van der Waals surface area contributed by atoms with E-state index in [1.165, 1.54) is 16.1 Å². The number of fused-ring (bicyclic) bond motifs is 2. The third kappa shape index (κ3) is 3.75. The monoisotopic (exact) mass is 487 g/mol. The number of benzene rings is 3. The molecular weight excluding hydrogens is 470 g/mol. The lowest BCUT2D eigenvalue weighted by molar-refractivity contribution is 0.314. The first kappa shape index (κ1) is 21.3. The molecule has 1 aliphatic heterocycles. The largest absolute Gasteiger partial charge is 0.496 e. The van der Waals surface area contributed by atoms with Crippen LogP contribution in [-0.4, -0.2) is 36.7 Å². The number of sulfonamides is 1. The zero-order chi connectivity index (χ0) is 22.3. The van der Waals surface area contributed by atoms with Gasteiger partial charge in [-0.2, -0.15) is 4.31 Å². The zero-order valence-corrected chi connectivity index (χ0v) is 19.4. The van der Waals surface area contributed by atoms with Gasteiger partial charge < -0.3 is 4.74 Å². The molecular formula is C22H18ClN3O4S2. The molecule has 164 valence electrons. The molecule has 0 atom stereocenters. The molecule has 0 N–H and O–H groups in total. The average Bonchev–Trinajstić information content (AvgIpc) is 3.29. The van der Waals surface area contributed by atoms with Crippen LogP contribution in [0.1, 0.15) is 11.1 Å². The highest BCUT2D eigenvalue weighted by Crippen LogP contribution is 2.39. The van der Waals surface area contributed by atoms with Gasteiger partial charge in [-0.1, -0.05) is 41.6 Å². The standard InChI is InChI=1S/C22H18ClN3O4S2/c1-29-17-4-2-3-5-18(17)31-19-8-9-20(22-21(19)24-30-25-22)32(27,28)26-11-10-14-6-7-16(23)12-15(14)13-26/h2-9,12H,10-11,13H2,1H3. The molecule has 7 nitrogen and oxygen atoms in total. The number of ether oxygens (including phenoxy) is 1. The molecule has 0 bridgehead atoms. The van der Waals surface area contributed by atoms with Crippen molar-refractivity contribution < 1.29 is 17.8 Å². The van der Waals surface area contributed by atoms with Gasteiger partial charge in [0.05, 0.1) is 12.0 Å². The Labute approximate surface area is 194 Å². The Morgan fingerprint density at radius 3 is 2.69 bits per heavy atom. The summed E-state index contributed by atoms with van der Waals surface area (Å²) in [6.07, 6.45) is 0.619. The van der Waals surface area contributed by atoms with Gasteiger partial charge in [0.2, 0.25) is 10.0 Å². The molecule has 32 heavy (non-hydrogen) atoms. The number of hydrogen-bond donors (Lipinski definition) is 0. The van der Waals surface area contributed by atoms with Crippen LogP contribution in [0.25, 0.3) is 11.0 Å². The molecule has 0 fully saturated rings. The van der Waals surface area contributed by atoms with E-state index in [4.69, 9.17) is 21.0 Å². The minimum absolute atomic E-state index is 0.0728. The summed E-state index contributed by atoms with van der Waals surface area (Å²) >= 11 is 7.52. The van der Waals surface area contributed by atoms with E-state index in [2.05, 4.69) is 10.3 Å². The maximum Gasteiger partial charge on any atom is 0.245 e. The van der Waals surface area contributed by atoms with E-state index >= 15 is 0 Å². The van der Waals surface area contributed by atoms with Crippen molar-refractivity contribution in [2.45, 2.75) is 27.7 Å². The third-order valence-electron chi connectivity index (χ3n) is 5.39. The van der Waals surface area contributed by atoms with Gasteiger partial charge >= 0.3 is 0 Å². The molecule has 0 saturated heterocycles. The normalized spacial score (nSPS) is 14.4. The van der Waals surface area contributed by atoms with E-state index in [1.807, 2.05) is 42.5 Å². The lowest BCUT2D eigenvalue weighted by Crippen LogP contribution is -2.36. The van der Waals surface area contributed by atoms with Gasteiger partial charge in [0.15, 0.2) is 11.0 Å². The Kier molecular flexibility index (Phi) is 5.58. The second-order valence-corrected chi connectivity index (χ2v) is 10.7. The summed E-state index contributed by atoms with van der Waals surface area (Å²) in [4.78, 5) is 1.67. The molecule has 0 amide bonds. The predicted octanol–water partition coefficient (Wildman–Crippen LogP) is 4.78. The molecule has 2 heterocycles. The van der Waals surface area contributed by atoms with Gasteiger partial charge in [-0.15, -0.1) is 0 Å². The van der Waals surface area contributed by atoms with Crippen LogP contribution in [0.4, 0.5) is 0 Å². The van der Waals surface area contributed by atoms with Crippen LogP contribution in [0.3, 0.4) is 0 Å². The molecule has 3 aromatic carbocycles. The highest BCUT2D eigenvalue weighted by Gasteiger charge is 2.32. The zero-order valence-electron chi connectivity index (χ0n) is 17.0. The van der Waals surface area contributed by atoms with Crippen molar-refractivity contribution in [3.63, 3.8) is 0 Å². The quantitative estimate of drug-likeness (QED) is 0.400. The lowest BCUT2D eigenvalue weighted by atomic mass is 10.0. The van der Waals surface area contributed by atoms with Crippen LogP contribution in [0.5, 0.6) is 5.75 Å². The number of methoxy groups -OCH3 is 1. The average molecular weight is 488 g/mol. The first-order chi connectivity index (χ1) is 15.5. The van der Waals surface area contributed by atoms with E-state index in [9.17, 15) is 8.42 Å². The molecule has 4 aromatic rings. The summed E-state index contributed by atoms with van der Waals surface area (Å²) in [6.45, 7) is 0.629. The summed E-state index contributed by atoms with van der Waals surface area (Å²) in [5, 5.41) is 8.50. The van der Waals surface area contributed by atoms with Crippen LogP contribution in [0, 0.1) is 0 Å². The Hall–Kier alpha value is -2.59. The van der Waals surface area contributed by atoms with Crippen LogP contribution >= 0.6 is 23.4 Å². The molecule has 0 spiro atoms. The first-order valence-electron chi connectivity index (χ1n) is 9.81. The van der Waals surface area contributed by atoms with E-state index in [0.29, 0.717) is 29.3 Å². The minimum atomic E-state index is -3.82. The number of hydrogen-bond acceptors (Lipinski definition) is 7. The van der Waals surface area contributed by atoms with Crippen LogP contribution < -0.4 is 4.74 Å². The predicted molar refractivity (Wildman–Crippen MR) is 122 cm³/mol. The number of rotatable bonds is 5. The van der Waals surface area contributed by atoms with Gasteiger partial charge in [0.25, 0.3) is 0 Å². The Morgan fingerprint density at radius 1 is 1.03 bits per heavy atom. The fourth-order valence-electron chi connectivity index (χ4n) is 3.78. The maximum absolute atomic E-state index is 13.5. The Morgan fingerprint density at radius 2 is 1.84 bits per heavy atom. The van der Waals surface area contributed by atoms with Crippen molar-refractivity contribution in [1.29, 1.82) is 0 Å². The fourth-order valence-corrected chi connectivity index (χ4v) is 6.51. The van der Waals surface area contributed by atoms with E-state index < -0.39 is 10.0 Å². The summed E-state index contributed by atoms with van der Waals surface area (Å²) in [7, 11) is -2.22. The van der Waals surface area contributed by atoms with Gasteiger partial charge in [-0.05, 0) is 64.3 Å². The van der Waals surface area contributed by atoms with Crippen LogP contribution in [-0.2, 0) is 23.0 Å². The van der Waals surface area contributed by atoms with E-state index in [-0.39, 0.29) is 17.0 Å². The summed E-state index contributed by atoms with van der Waals surface area (Å²) < 4.78 is 38.9. The van der Waals surface area contributed by atoms with Crippen LogP contribution in [0.15, 0.2) is 73.9 Å². The summed E-state index contributed by atoms with van der Waals surface area (Å²) in [5.74, 6) is 0.712. The van der Waals surface area contributed by atoms with E-state index in [0.717, 1.165) is 20.9 Å². The number of aromatic nitrogens is 2. The summed E-state index contributed by atoms with van der Waals surface area (Å²) in [6, 6.07) is 16.5. The molecule has 0 aliphatic carbocycles. The second-order valence-electron chi connectivity index (χ2n) is 7.28. The number of halogens is 1. The summed E-state index contributed by atoms with van der Waals surface area (Å²) in [5.41, 5.74) is 2.62. The topological polar surface area (TPSA) is 85.5 Å². The molecule has 10 heteroatoms. The SMILES string of the molecule is COc1ccccc1Sc1ccc(S(=O)(=O)N2CCc3ccc(Cl)cc3C2)c2nonc12. The molecule has 0 radical (unpaired) electrons. The first-order valence-corrected chi connectivity index (χ1v) is 12.4. The smallest absolute Gasteiger partial charge is 0.245 e. The molecule has 5 rings (SSSR count). The highest BCUT2D eigenvalue weighted by molar-refractivity contribution is 7.99. The van der Waals surface area contributed by atoms with Gasteiger partial charge in [-0.25, -0.2) is 13.0 Å². The van der Waals surface area contributed by atoms with Crippen molar-refractivity contribution in [3.05, 3.63) is 70.7 Å². The van der Waals surface area contributed by atoms with Crippen molar-refractivity contribution in [1.82, 2.24) is 14.6 Å². The fraction of sp³-hybridized carbons (Fsp3) is 0.182. The molecule has 1 aliphatic rings. The van der Waals surface area contributed by atoms with Crippen molar-refractivity contribution in [3.8, 4) is 5.75 Å². The second kappa shape index (κ2) is 8.40. The van der Waals surface area contributed by atoms with Gasteiger partial charge in [-0.3, -0.25) is 0 Å². The van der Waals surface area contributed by atoms with E-state index in [1.54, 1.807) is 19.2 Å². The molecule has 0 unspecified atom stereocenters. The minimum Gasteiger partial charge on any atom is -0.496 e. The Balaban J connectivity index is 1.51. The van der Waals surface area contributed by atoms with Gasteiger partial charge in [0, 0.05) is 23.0 Å². The lowest BCUT2D eigenvalue weighted by Gasteiger charge is -2.28. The van der Waals surface area contributed by atoms with Gasteiger partial charge in [0.1, 0.15) is 10.6 Å². The molecule has 0 saturated carbocycles. The molecule has 1 aromatic heterocycles. The number of nitrogens with zero attached hydrogens (tertiary/aromatic N) is 3. The maximum atomic E-state index is 13.5. The van der Waals surface area contributed by atoms with Crippen molar-refractivity contribution in [2.24, 2.45) is 0 Å². The van der Waals surface area contributed by atoms with Crippen molar-refractivity contribution >= 4 is 44.4 Å².